The van der Waals surface area contributed by atoms with E-state index in [2.05, 4.69) is 20.3 Å². The molecule has 0 unspecified atom stereocenters. The van der Waals surface area contributed by atoms with Crippen LogP contribution in [0.1, 0.15) is 48.9 Å². The number of aryl methyl sites for hydroxylation is 1. The zero-order valence-corrected chi connectivity index (χ0v) is 14.0. The lowest BCUT2D eigenvalue weighted by molar-refractivity contribution is 0.555. The van der Waals surface area contributed by atoms with Crippen LogP contribution in [0.4, 0.5) is 5.69 Å². The van der Waals surface area contributed by atoms with Gasteiger partial charge in [-0.05, 0) is 53.6 Å². The highest BCUT2D eigenvalue weighted by Crippen LogP contribution is 2.22. The highest BCUT2D eigenvalue weighted by atomic mass is 14.7. The lowest BCUT2D eigenvalue weighted by Gasteiger charge is -2.13. The monoisotopic (exact) mass is 308 g/mol. The Morgan fingerprint density at radius 2 is 1.96 bits per heavy atom. The SMILES string of the molecule is CC(C)CCCc1cc(C(=N)N)ccc1[CH]c1cccc(N)c1. The summed E-state index contributed by atoms with van der Waals surface area (Å²) in [6, 6.07) is 13.9. The molecule has 121 valence electrons. The van der Waals surface area contributed by atoms with Gasteiger partial charge >= 0.3 is 0 Å². The second-order valence-corrected chi connectivity index (χ2v) is 6.43. The van der Waals surface area contributed by atoms with E-state index in [-0.39, 0.29) is 5.84 Å². The molecule has 3 nitrogen and oxygen atoms in total. The minimum atomic E-state index is 0.116. The fourth-order valence-electron chi connectivity index (χ4n) is 2.66. The Labute approximate surface area is 139 Å². The molecule has 1 radical (unpaired) electrons. The molecule has 23 heavy (non-hydrogen) atoms. The lowest BCUT2D eigenvalue weighted by Crippen LogP contribution is -2.12. The van der Waals surface area contributed by atoms with Crippen molar-refractivity contribution in [1.82, 2.24) is 0 Å². The molecule has 0 spiro atoms. The van der Waals surface area contributed by atoms with Gasteiger partial charge in [0.25, 0.3) is 0 Å². The summed E-state index contributed by atoms with van der Waals surface area (Å²) in [5.41, 5.74) is 16.5. The fourth-order valence-corrected chi connectivity index (χ4v) is 2.66. The van der Waals surface area contributed by atoms with Gasteiger partial charge in [-0.2, -0.15) is 0 Å². The van der Waals surface area contributed by atoms with E-state index < -0.39 is 0 Å². The van der Waals surface area contributed by atoms with Gasteiger partial charge in [0, 0.05) is 17.7 Å². The van der Waals surface area contributed by atoms with Gasteiger partial charge in [0.15, 0.2) is 0 Å². The van der Waals surface area contributed by atoms with Crippen molar-refractivity contribution in [3.05, 3.63) is 71.1 Å². The fraction of sp³-hybridized carbons (Fsp3) is 0.300. The summed E-state index contributed by atoms with van der Waals surface area (Å²) < 4.78 is 0. The first-order valence-electron chi connectivity index (χ1n) is 8.13. The van der Waals surface area contributed by atoms with Crippen LogP contribution < -0.4 is 11.5 Å². The van der Waals surface area contributed by atoms with Crippen molar-refractivity contribution in [1.29, 1.82) is 5.41 Å². The smallest absolute Gasteiger partial charge is 0.122 e. The molecular weight excluding hydrogens is 282 g/mol. The number of nitrogen functional groups attached to an aromatic ring is 2. The van der Waals surface area contributed by atoms with Crippen molar-refractivity contribution < 1.29 is 0 Å². The van der Waals surface area contributed by atoms with Gasteiger partial charge < -0.3 is 11.5 Å². The minimum absolute atomic E-state index is 0.116. The summed E-state index contributed by atoms with van der Waals surface area (Å²) in [6.07, 6.45) is 5.47. The van der Waals surface area contributed by atoms with Crippen molar-refractivity contribution in [2.75, 3.05) is 5.73 Å². The molecule has 3 heteroatoms. The van der Waals surface area contributed by atoms with E-state index in [0.717, 1.165) is 29.7 Å². The third kappa shape index (κ3) is 5.13. The molecule has 0 aliphatic heterocycles. The highest BCUT2D eigenvalue weighted by molar-refractivity contribution is 5.95. The Bertz CT molecular complexity index is 674. The normalized spacial score (nSPS) is 10.9. The van der Waals surface area contributed by atoms with Gasteiger partial charge in [-0.3, -0.25) is 5.41 Å². The largest absolute Gasteiger partial charge is 0.399 e. The number of hydrogen-bond donors (Lipinski definition) is 3. The summed E-state index contributed by atoms with van der Waals surface area (Å²) in [5.74, 6) is 0.818. The summed E-state index contributed by atoms with van der Waals surface area (Å²) in [6.45, 7) is 4.48. The maximum atomic E-state index is 7.65. The maximum Gasteiger partial charge on any atom is 0.122 e. The number of benzene rings is 2. The lowest BCUT2D eigenvalue weighted by atomic mass is 9.93. The molecule has 0 aromatic heterocycles. The van der Waals surface area contributed by atoms with Crippen LogP contribution in [0.2, 0.25) is 0 Å². The average Bonchev–Trinajstić information content (AvgIpc) is 2.48. The molecule has 0 heterocycles. The van der Waals surface area contributed by atoms with Crippen molar-refractivity contribution in [2.24, 2.45) is 11.7 Å². The Morgan fingerprint density at radius 3 is 2.61 bits per heavy atom. The Balaban J connectivity index is 2.23. The van der Waals surface area contributed by atoms with Gasteiger partial charge in [0.1, 0.15) is 5.84 Å². The van der Waals surface area contributed by atoms with E-state index in [9.17, 15) is 0 Å². The van der Waals surface area contributed by atoms with Crippen LogP contribution in [0.25, 0.3) is 0 Å². The molecule has 0 amide bonds. The zero-order chi connectivity index (χ0) is 16.8. The number of anilines is 1. The molecule has 0 bridgehead atoms. The molecule has 0 aliphatic carbocycles. The zero-order valence-electron chi connectivity index (χ0n) is 14.0. The van der Waals surface area contributed by atoms with Crippen LogP contribution in [-0.4, -0.2) is 5.84 Å². The molecular formula is C20H26N3. The molecule has 0 saturated heterocycles. The van der Waals surface area contributed by atoms with Crippen molar-refractivity contribution in [2.45, 2.75) is 33.1 Å². The van der Waals surface area contributed by atoms with Crippen molar-refractivity contribution in [3.63, 3.8) is 0 Å². The molecule has 0 atom stereocenters. The van der Waals surface area contributed by atoms with Crippen LogP contribution in [0.5, 0.6) is 0 Å². The summed E-state index contributed by atoms with van der Waals surface area (Å²) in [4.78, 5) is 0. The first-order chi connectivity index (χ1) is 11.0. The second-order valence-electron chi connectivity index (χ2n) is 6.43. The number of amidine groups is 1. The number of hydrogen-bond acceptors (Lipinski definition) is 2. The van der Waals surface area contributed by atoms with Crippen LogP contribution in [0, 0.1) is 17.7 Å². The molecule has 0 fully saturated rings. The standard InChI is InChI=1S/C20H26N3/c1-14(2)5-3-7-16-13-18(20(22)23)10-9-17(16)11-15-6-4-8-19(21)12-15/h4,6,8-14H,3,5,7,21H2,1-2H3,(H3,22,23). The Hall–Kier alpha value is -2.29. The second kappa shape index (κ2) is 7.82. The Kier molecular flexibility index (Phi) is 5.80. The first kappa shape index (κ1) is 17.1. The molecule has 0 saturated carbocycles. The predicted octanol–water partition coefficient (Wildman–Crippen LogP) is 4.13. The third-order valence-corrected chi connectivity index (χ3v) is 3.91. The molecule has 2 aromatic carbocycles. The molecule has 2 aromatic rings. The number of nitrogens with two attached hydrogens (primary N) is 2. The van der Waals surface area contributed by atoms with Crippen LogP contribution in [-0.2, 0) is 6.42 Å². The summed E-state index contributed by atoms with van der Waals surface area (Å²) in [5, 5.41) is 7.65. The summed E-state index contributed by atoms with van der Waals surface area (Å²) in [7, 11) is 0. The van der Waals surface area contributed by atoms with Crippen molar-refractivity contribution in [3.8, 4) is 0 Å². The van der Waals surface area contributed by atoms with Gasteiger partial charge in [0.2, 0.25) is 0 Å². The van der Waals surface area contributed by atoms with Crippen LogP contribution >= 0.6 is 0 Å². The van der Waals surface area contributed by atoms with E-state index in [0.29, 0.717) is 5.92 Å². The van der Waals surface area contributed by atoms with Crippen LogP contribution in [0.15, 0.2) is 42.5 Å². The maximum absolute atomic E-state index is 7.65. The van der Waals surface area contributed by atoms with Crippen LogP contribution in [0.3, 0.4) is 0 Å². The van der Waals surface area contributed by atoms with E-state index in [1.165, 1.54) is 17.5 Å². The molecule has 2 rings (SSSR count). The van der Waals surface area contributed by atoms with Gasteiger partial charge in [-0.25, -0.2) is 0 Å². The first-order valence-corrected chi connectivity index (χ1v) is 8.13. The molecule has 0 aliphatic rings. The predicted molar refractivity (Wildman–Crippen MR) is 98.6 cm³/mol. The minimum Gasteiger partial charge on any atom is -0.399 e. The van der Waals surface area contributed by atoms with Crippen molar-refractivity contribution >= 4 is 11.5 Å². The van der Waals surface area contributed by atoms with E-state index >= 15 is 0 Å². The average molecular weight is 308 g/mol. The molecule has 5 N–H and O–H groups in total. The van der Waals surface area contributed by atoms with E-state index in [1.54, 1.807) is 0 Å². The third-order valence-electron chi connectivity index (χ3n) is 3.91. The van der Waals surface area contributed by atoms with E-state index in [1.807, 2.05) is 42.5 Å². The number of rotatable bonds is 7. The van der Waals surface area contributed by atoms with E-state index in [4.69, 9.17) is 16.9 Å². The number of nitrogens with one attached hydrogen (secondary N) is 1. The summed E-state index contributed by atoms with van der Waals surface area (Å²) >= 11 is 0. The van der Waals surface area contributed by atoms with Gasteiger partial charge in [-0.15, -0.1) is 0 Å². The quantitative estimate of drug-likeness (QED) is 0.408. The Morgan fingerprint density at radius 1 is 1.17 bits per heavy atom. The topological polar surface area (TPSA) is 75.9 Å². The van der Waals surface area contributed by atoms with Gasteiger partial charge in [-0.1, -0.05) is 44.5 Å². The van der Waals surface area contributed by atoms with Gasteiger partial charge in [0.05, 0.1) is 0 Å². The highest BCUT2D eigenvalue weighted by Gasteiger charge is 2.08.